The molecule has 0 unspecified atom stereocenters. The Balaban J connectivity index is 1.50. The van der Waals surface area contributed by atoms with E-state index < -0.39 is 0 Å². The number of nitrogens with zero attached hydrogens (tertiary/aromatic N) is 5. The largest absolute Gasteiger partial charge is 0.383 e. The van der Waals surface area contributed by atoms with E-state index in [-0.39, 0.29) is 5.92 Å². The van der Waals surface area contributed by atoms with Crippen LogP contribution in [0.15, 0.2) is 12.3 Å². The zero-order valence-electron chi connectivity index (χ0n) is 16.1. The molecule has 0 aliphatic carbocycles. The molecule has 2 aliphatic heterocycles. The highest BCUT2D eigenvalue weighted by Crippen LogP contribution is 2.21. The molecule has 7 heteroatoms. The number of aryl methyl sites for hydroxylation is 1. The number of amides is 1. The number of aromatic nitrogens is 2. The summed E-state index contributed by atoms with van der Waals surface area (Å²) in [6, 6.07) is 1.91. The third-order valence-corrected chi connectivity index (χ3v) is 5.42. The highest BCUT2D eigenvalue weighted by atomic mass is 16.5. The molecule has 0 N–H and O–H groups in total. The van der Waals surface area contributed by atoms with Crippen LogP contribution in [0.3, 0.4) is 0 Å². The minimum atomic E-state index is 0.176. The number of ether oxygens (including phenoxy) is 1. The third kappa shape index (κ3) is 4.92. The van der Waals surface area contributed by atoms with Gasteiger partial charge >= 0.3 is 0 Å². The van der Waals surface area contributed by atoms with E-state index >= 15 is 0 Å². The first-order chi connectivity index (χ1) is 12.7. The van der Waals surface area contributed by atoms with Crippen LogP contribution in [-0.2, 0) is 9.53 Å². The van der Waals surface area contributed by atoms with Crippen molar-refractivity contribution >= 4 is 11.9 Å². The molecule has 3 heterocycles. The molecule has 1 aromatic heterocycles. The van der Waals surface area contributed by atoms with Gasteiger partial charge in [0.15, 0.2) is 0 Å². The van der Waals surface area contributed by atoms with E-state index in [0.29, 0.717) is 5.91 Å². The molecule has 2 fully saturated rings. The molecule has 0 radical (unpaired) electrons. The second-order valence-electron chi connectivity index (χ2n) is 7.27. The molecule has 1 aromatic rings. The minimum absolute atomic E-state index is 0.176. The number of piperidine rings is 1. The number of carbonyl (C=O) groups is 1. The van der Waals surface area contributed by atoms with Gasteiger partial charge in [0.2, 0.25) is 11.9 Å². The summed E-state index contributed by atoms with van der Waals surface area (Å²) in [6.07, 6.45) is 4.70. The highest BCUT2D eigenvalue weighted by molar-refractivity contribution is 5.79. The Morgan fingerprint density at radius 1 is 1.19 bits per heavy atom. The Morgan fingerprint density at radius 2 is 2.00 bits per heavy atom. The second-order valence-corrected chi connectivity index (χ2v) is 7.27. The van der Waals surface area contributed by atoms with Gasteiger partial charge in [-0.3, -0.25) is 4.79 Å². The maximum Gasteiger partial charge on any atom is 0.225 e. The van der Waals surface area contributed by atoms with Crippen LogP contribution < -0.4 is 4.90 Å². The molecule has 0 saturated carbocycles. The van der Waals surface area contributed by atoms with E-state index in [1.165, 1.54) is 0 Å². The molecule has 0 aromatic carbocycles. The van der Waals surface area contributed by atoms with Crippen molar-refractivity contribution in [1.82, 2.24) is 19.8 Å². The number of likely N-dealkylation sites (tertiary alicyclic amines) is 1. The highest BCUT2D eigenvalue weighted by Gasteiger charge is 2.29. The molecule has 26 heavy (non-hydrogen) atoms. The monoisotopic (exact) mass is 361 g/mol. The summed E-state index contributed by atoms with van der Waals surface area (Å²) in [5.74, 6) is 1.30. The van der Waals surface area contributed by atoms with Crippen LogP contribution >= 0.6 is 0 Å². The van der Waals surface area contributed by atoms with E-state index in [1.54, 1.807) is 7.11 Å². The molecule has 3 rings (SSSR count). The molecule has 7 nitrogen and oxygen atoms in total. The van der Waals surface area contributed by atoms with Crippen LogP contribution in [0.5, 0.6) is 0 Å². The maximum absolute atomic E-state index is 13.0. The lowest BCUT2D eigenvalue weighted by molar-refractivity contribution is -0.136. The Labute approximate surface area is 156 Å². The lowest BCUT2D eigenvalue weighted by Crippen LogP contribution is -2.44. The molecule has 0 atom stereocenters. The standard InChI is InChI=1S/C19H31N5O2/c1-16-4-7-20-19(21-16)24-9-3-8-23(12-13-24)18(25)17-5-10-22(11-6-17)14-15-26-2/h4,7,17H,3,5-6,8-15H2,1-2H3. The van der Waals surface area contributed by atoms with E-state index in [4.69, 9.17) is 4.74 Å². The van der Waals surface area contributed by atoms with Gasteiger partial charge in [-0.25, -0.2) is 9.97 Å². The summed E-state index contributed by atoms with van der Waals surface area (Å²) < 4.78 is 5.15. The normalized spacial score (nSPS) is 20.2. The van der Waals surface area contributed by atoms with Crippen molar-refractivity contribution in [1.29, 1.82) is 0 Å². The van der Waals surface area contributed by atoms with E-state index in [1.807, 2.05) is 19.2 Å². The van der Waals surface area contributed by atoms with Gasteiger partial charge in [-0.1, -0.05) is 0 Å². The molecule has 0 bridgehead atoms. The number of hydrogen-bond donors (Lipinski definition) is 0. The molecule has 2 saturated heterocycles. The van der Waals surface area contributed by atoms with Crippen LogP contribution in [0.4, 0.5) is 5.95 Å². The fourth-order valence-electron chi connectivity index (χ4n) is 3.81. The van der Waals surface area contributed by atoms with E-state index in [9.17, 15) is 4.79 Å². The van der Waals surface area contributed by atoms with Crippen LogP contribution in [0.2, 0.25) is 0 Å². The van der Waals surface area contributed by atoms with E-state index in [2.05, 4.69) is 24.7 Å². The van der Waals surface area contributed by atoms with Crippen LogP contribution in [-0.4, -0.2) is 85.2 Å². The van der Waals surface area contributed by atoms with Crippen molar-refractivity contribution in [3.63, 3.8) is 0 Å². The number of rotatable bonds is 5. The zero-order valence-corrected chi connectivity index (χ0v) is 16.1. The number of hydrogen-bond acceptors (Lipinski definition) is 6. The van der Waals surface area contributed by atoms with E-state index in [0.717, 1.165) is 83.3 Å². The van der Waals surface area contributed by atoms with Crippen molar-refractivity contribution in [3.05, 3.63) is 18.0 Å². The second kappa shape index (κ2) is 9.28. The molecule has 0 spiro atoms. The summed E-state index contributed by atoms with van der Waals surface area (Å²) >= 11 is 0. The Morgan fingerprint density at radius 3 is 2.73 bits per heavy atom. The first-order valence-electron chi connectivity index (χ1n) is 9.72. The fourth-order valence-corrected chi connectivity index (χ4v) is 3.81. The number of anilines is 1. The predicted molar refractivity (Wildman–Crippen MR) is 101 cm³/mol. The van der Waals surface area contributed by atoms with Gasteiger partial charge in [0, 0.05) is 57.6 Å². The van der Waals surface area contributed by atoms with Crippen molar-refractivity contribution < 1.29 is 9.53 Å². The Hall–Kier alpha value is -1.73. The summed E-state index contributed by atoms with van der Waals surface area (Å²) in [7, 11) is 1.74. The zero-order chi connectivity index (χ0) is 18.4. The summed E-state index contributed by atoms with van der Waals surface area (Å²) in [4.78, 5) is 28.5. The lowest BCUT2D eigenvalue weighted by atomic mass is 9.95. The number of methoxy groups -OCH3 is 1. The van der Waals surface area contributed by atoms with Gasteiger partial charge < -0.3 is 19.4 Å². The van der Waals surface area contributed by atoms with Gasteiger partial charge in [-0.05, 0) is 45.3 Å². The van der Waals surface area contributed by atoms with Crippen LogP contribution in [0, 0.1) is 12.8 Å². The van der Waals surface area contributed by atoms with Crippen molar-refractivity contribution in [2.24, 2.45) is 5.92 Å². The topological polar surface area (TPSA) is 61.8 Å². The molecular formula is C19H31N5O2. The Kier molecular flexibility index (Phi) is 6.80. The molecule has 144 valence electrons. The average Bonchev–Trinajstić information content (AvgIpc) is 2.92. The quantitative estimate of drug-likeness (QED) is 0.785. The predicted octanol–water partition coefficient (Wildman–Crippen LogP) is 1.18. The minimum Gasteiger partial charge on any atom is -0.383 e. The summed E-state index contributed by atoms with van der Waals surface area (Å²) in [5.41, 5.74) is 0.979. The third-order valence-electron chi connectivity index (χ3n) is 5.42. The van der Waals surface area contributed by atoms with Gasteiger partial charge in [0.25, 0.3) is 0 Å². The smallest absolute Gasteiger partial charge is 0.225 e. The lowest BCUT2D eigenvalue weighted by Gasteiger charge is -2.33. The van der Waals surface area contributed by atoms with Gasteiger partial charge in [0.05, 0.1) is 6.61 Å². The number of carbonyl (C=O) groups excluding carboxylic acids is 1. The molecular weight excluding hydrogens is 330 g/mol. The Bertz CT molecular complexity index is 589. The molecule has 2 aliphatic rings. The van der Waals surface area contributed by atoms with Gasteiger partial charge in [-0.15, -0.1) is 0 Å². The van der Waals surface area contributed by atoms with Crippen molar-refractivity contribution in [3.8, 4) is 0 Å². The average molecular weight is 361 g/mol. The summed E-state index contributed by atoms with van der Waals surface area (Å²) in [5, 5.41) is 0. The SMILES string of the molecule is COCCN1CCC(C(=O)N2CCCN(c3nccc(C)n3)CC2)CC1. The van der Waals surface area contributed by atoms with Gasteiger partial charge in [-0.2, -0.15) is 0 Å². The summed E-state index contributed by atoms with van der Waals surface area (Å²) in [6.45, 7) is 9.02. The first-order valence-corrected chi connectivity index (χ1v) is 9.72. The molecule has 1 amide bonds. The fraction of sp³-hybridized carbons (Fsp3) is 0.737. The maximum atomic E-state index is 13.0. The van der Waals surface area contributed by atoms with Gasteiger partial charge in [0.1, 0.15) is 0 Å². The van der Waals surface area contributed by atoms with Crippen molar-refractivity contribution in [2.75, 3.05) is 64.4 Å². The van der Waals surface area contributed by atoms with Crippen LogP contribution in [0.1, 0.15) is 25.0 Å². The van der Waals surface area contributed by atoms with Crippen molar-refractivity contribution in [2.45, 2.75) is 26.2 Å². The van der Waals surface area contributed by atoms with Crippen LogP contribution in [0.25, 0.3) is 0 Å². The first kappa shape index (κ1) is 19.0.